The fourth-order valence-corrected chi connectivity index (χ4v) is 4.93. The number of nitrogens with zero attached hydrogens (tertiary/aromatic N) is 6. The number of urea groups is 2. The van der Waals surface area contributed by atoms with Crippen molar-refractivity contribution >= 4 is 35.2 Å². The maximum atomic E-state index is 12.7. The van der Waals surface area contributed by atoms with Crippen molar-refractivity contribution in [2.75, 3.05) is 44.6 Å². The molecule has 12 nitrogen and oxygen atoms in total. The molecule has 0 unspecified atom stereocenters. The number of halogens is 3. The van der Waals surface area contributed by atoms with Crippen LogP contribution in [-0.2, 0) is 0 Å². The summed E-state index contributed by atoms with van der Waals surface area (Å²) in [6.45, 7) is 1.28. The van der Waals surface area contributed by atoms with Gasteiger partial charge in [-0.1, -0.05) is 12.1 Å². The highest BCUT2D eigenvalue weighted by molar-refractivity contribution is 6.10. The van der Waals surface area contributed by atoms with Crippen LogP contribution in [0.2, 0.25) is 0 Å². The van der Waals surface area contributed by atoms with E-state index in [9.17, 15) is 22.8 Å². The smallest absolute Gasteiger partial charge is 0.404 e. The molecule has 4 amide bonds. The minimum Gasteiger partial charge on any atom is -0.404 e. The van der Waals surface area contributed by atoms with Gasteiger partial charge in [0.1, 0.15) is 12.1 Å². The molecular weight excluding hydrogens is 553 g/mol. The monoisotopic (exact) mass is 584 g/mol. The fourth-order valence-electron chi connectivity index (χ4n) is 4.93. The zero-order chi connectivity index (χ0) is 29.9. The van der Waals surface area contributed by atoms with Gasteiger partial charge in [-0.25, -0.2) is 19.1 Å². The molecule has 2 fully saturated rings. The highest BCUT2D eigenvalue weighted by Crippen LogP contribution is 2.28. The summed E-state index contributed by atoms with van der Waals surface area (Å²) >= 11 is 0. The number of carbonyl (C=O) groups is 2. The van der Waals surface area contributed by atoms with Crippen LogP contribution in [0, 0.1) is 0 Å². The SMILES string of the molecule is NC=C(C=NC1(CN)CN(C(=O)N2CCCC2)C1)c1cnn2c(-c3cccc(NC(=O)NCC(F)(F)F)c3)cnc2c1. The van der Waals surface area contributed by atoms with Gasteiger partial charge in [0, 0.05) is 54.4 Å². The van der Waals surface area contributed by atoms with E-state index in [1.807, 2.05) is 4.90 Å². The molecule has 0 bridgehead atoms. The highest BCUT2D eigenvalue weighted by Gasteiger charge is 2.45. The summed E-state index contributed by atoms with van der Waals surface area (Å²) in [6, 6.07) is 7.41. The predicted molar refractivity (Wildman–Crippen MR) is 152 cm³/mol. The molecule has 222 valence electrons. The van der Waals surface area contributed by atoms with Crippen LogP contribution in [0.1, 0.15) is 18.4 Å². The molecule has 4 heterocycles. The van der Waals surface area contributed by atoms with Crippen molar-refractivity contribution < 1.29 is 22.8 Å². The molecule has 0 spiro atoms. The number of amides is 4. The molecule has 1 aromatic carbocycles. The third kappa shape index (κ3) is 6.30. The molecule has 5 rings (SSSR count). The maximum Gasteiger partial charge on any atom is 0.405 e. The van der Waals surface area contributed by atoms with Crippen LogP contribution in [0.4, 0.5) is 28.4 Å². The van der Waals surface area contributed by atoms with Gasteiger partial charge in [0.25, 0.3) is 0 Å². The number of hydrogen-bond acceptors (Lipinski definition) is 7. The number of fused-ring (bicyclic) bond motifs is 1. The van der Waals surface area contributed by atoms with Crippen LogP contribution >= 0.6 is 0 Å². The van der Waals surface area contributed by atoms with Crippen LogP contribution in [0.3, 0.4) is 0 Å². The molecule has 2 aromatic heterocycles. The van der Waals surface area contributed by atoms with Gasteiger partial charge in [-0.2, -0.15) is 18.3 Å². The van der Waals surface area contributed by atoms with Crippen molar-refractivity contribution in [1.82, 2.24) is 29.7 Å². The Bertz CT molecular complexity index is 1520. The average Bonchev–Trinajstić information content (AvgIpc) is 3.63. The number of rotatable bonds is 7. The van der Waals surface area contributed by atoms with Crippen LogP contribution < -0.4 is 22.1 Å². The summed E-state index contributed by atoms with van der Waals surface area (Å²) < 4.78 is 38.7. The van der Waals surface area contributed by atoms with Gasteiger partial charge in [0.05, 0.1) is 31.2 Å². The number of imidazole rings is 1. The summed E-state index contributed by atoms with van der Waals surface area (Å²) in [7, 11) is 0. The Hall–Kier alpha value is -4.66. The Labute approximate surface area is 239 Å². The molecular formula is C27H31F3N10O2. The first-order chi connectivity index (χ1) is 20.1. The van der Waals surface area contributed by atoms with E-state index in [4.69, 9.17) is 16.5 Å². The van der Waals surface area contributed by atoms with Crippen LogP contribution in [0.25, 0.3) is 22.5 Å². The largest absolute Gasteiger partial charge is 0.405 e. The number of anilines is 1. The third-order valence-corrected chi connectivity index (χ3v) is 7.21. The Balaban J connectivity index is 1.27. The number of alkyl halides is 3. The number of benzene rings is 1. The molecule has 2 saturated heterocycles. The van der Waals surface area contributed by atoms with Gasteiger partial charge in [-0.05, 0) is 31.0 Å². The molecule has 42 heavy (non-hydrogen) atoms. The molecule has 0 saturated carbocycles. The van der Waals surface area contributed by atoms with Crippen molar-refractivity contribution in [3.63, 3.8) is 0 Å². The van der Waals surface area contributed by atoms with E-state index in [1.54, 1.807) is 63.7 Å². The molecule has 0 aliphatic carbocycles. The van der Waals surface area contributed by atoms with Crippen molar-refractivity contribution in [1.29, 1.82) is 0 Å². The Morgan fingerprint density at radius 2 is 1.88 bits per heavy atom. The van der Waals surface area contributed by atoms with Gasteiger partial charge < -0.3 is 31.9 Å². The number of aromatic nitrogens is 3. The minimum atomic E-state index is -4.51. The van der Waals surface area contributed by atoms with Gasteiger partial charge in [0.2, 0.25) is 0 Å². The number of nitrogens with one attached hydrogen (secondary N) is 2. The second kappa shape index (κ2) is 11.7. The van der Waals surface area contributed by atoms with E-state index in [2.05, 4.69) is 15.4 Å². The van der Waals surface area contributed by atoms with E-state index in [1.165, 1.54) is 6.20 Å². The number of nitrogens with two attached hydrogens (primary N) is 2. The Morgan fingerprint density at radius 3 is 2.57 bits per heavy atom. The van der Waals surface area contributed by atoms with Crippen molar-refractivity contribution in [2.45, 2.75) is 24.6 Å². The number of allylic oxidation sites excluding steroid dienone is 1. The second-order valence-electron chi connectivity index (χ2n) is 10.3. The standard InChI is InChI=1S/C27H31F3N10O2/c28-27(29,30)15-34-24(41)37-21-5-3-4-18(8-21)22-13-33-23-9-19(12-36-40(22)23)20(10-31)11-35-26(14-32)16-39(17-26)25(42)38-6-1-2-7-38/h3-5,8-13H,1-2,6-7,14-17,31-32H2,(H2,34,37,41). The quantitative estimate of drug-likeness (QED) is 0.313. The van der Waals surface area contributed by atoms with Crippen LogP contribution in [0.5, 0.6) is 0 Å². The van der Waals surface area contributed by atoms with Crippen LogP contribution in [0.15, 0.2) is 53.9 Å². The second-order valence-corrected chi connectivity index (χ2v) is 10.3. The van der Waals surface area contributed by atoms with E-state index >= 15 is 0 Å². The topological polar surface area (TPSA) is 159 Å². The first kappa shape index (κ1) is 28.9. The summed E-state index contributed by atoms with van der Waals surface area (Å²) in [5.41, 5.74) is 14.7. The summed E-state index contributed by atoms with van der Waals surface area (Å²) in [5.74, 6) is 0. The fraction of sp³-hybridized carbons (Fsp3) is 0.370. The minimum absolute atomic E-state index is 0.0252. The summed E-state index contributed by atoms with van der Waals surface area (Å²) in [5, 5.41) is 8.66. The lowest BCUT2D eigenvalue weighted by atomic mass is 9.90. The predicted octanol–water partition coefficient (Wildman–Crippen LogP) is 2.68. The number of likely N-dealkylation sites (tertiary alicyclic amines) is 2. The first-order valence-electron chi connectivity index (χ1n) is 13.4. The number of hydrogen-bond donors (Lipinski definition) is 4. The maximum absolute atomic E-state index is 12.7. The van der Waals surface area contributed by atoms with Gasteiger partial charge >= 0.3 is 18.2 Å². The lowest BCUT2D eigenvalue weighted by molar-refractivity contribution is -0.122. The van der Waals surface area contributed by atoms with E-state index in [0.717, 1.165) is 25.9 Å². The lowest BCUT2D eigenvalue weighted by Crippen LogP contribution is -2.67. The zero-order valence-electron chi connectivity index (χ0n) is 22.6. The van der Waals surface area contributed by atoms with Gasteiger partial charge in [-0.15, -0.1) is 0 Å². The zero-order valence-corrected chi connectivity index (χ0v) is 22.6. The molecule has 3 aromatic rings. The average molecular weight is 585 g/mol. The van der Waals surface area contributed by atoms with E-state index in [0.29, 0.717) is 46.8 Å². The number of carbonyl (C=O) groups excluding carboxylic acids is 2. The van der Waals surface area contributed by atoms with Crippen molar-refractivity contribution in [2.24, 2.45) is 16.5 Å². The summed E-state index contributed by atoms with van der Waals surface area (Å²) in [6.07, 6.45) is 3.79. The van der Waals surface area contributed by atoms with Crippen molar-refractivity contribution in [3.05, 3.63) is 54.5 Å². The van der Waals surface area contributed by atoms with Gasteiger partial charge in [-0.3, -0.25) is 4.99 Å². The normalized spacial score (nSPS) is 17.1. The van der Waals surface area contributed by atoms with E-state index < -0.39 is 24.3 Å². The molecule has 0 radical (unpaired) electrons. The van der Waals surface area contributed by atoms with Crippen LogP contribution in [-0.4, -0.2) is 93.7 Å². The molecule has 15 heteroatoms. The van der Waals surface area contributed by atoms with Gasteiger partial charge in [0.15, 0.2) is 5.65 Å². The number of aliphatic imine (C=N–C) groups is 1. The highest BCUT2D eigenvalue weighted by atomic mass is 19.4. The Kier molecular flexibility index (Phi) is 8.02. The van der Waals surface area contributed by atoms with Crippen molar-refractivity contribution in [3.8, 4) is 11.3 Å². The summed E-state index contributed by atoms with van der Waals surface area (Å²) in [4.78, 5) is 37.3. The first-order valence-corrected chi connectivity index (χ1v) is 13.4. The Morgan fingerprint density at radius 1 is 1.12 bits per heavy atom. The third-order valence-electron chi connectivity index (χ3n) is 7.21. The molecule has 2 aliphatic heterocycles. The van der Waals surface area contributed by atoms with E-state index in [-0.39, 0.29) is 12.6 Å². The molecule has 0 atom stereocenters. The lowest BCUT2D eigenvalue weighted by Gasteiger charge is -2.47. The molecule has 6 N–H and O–H groups in total. The molecule has 2 aliphatic rings.